The van der Waals surface area contributed by atoms with E-state index in [1.807, 2.05) is 0 Å². The molecule has 0 saturated carbocycles. The van der Waals surface area contributed by atoms with Crippen LogP contribution in [-0.4, -0.2) is 35.9 Å². The van der Waals surface area contributed by atoms with Crippen molar-refractivity contribution in [2.75, 3.05) is 20.0 Å². The molecule has 0 saturated heterocycles. The first kappa shape index (κ1) is 16.5. The highest BCUT2D eigenvalue weighted by Gasteiger charge is 2.14. The van der Waals surface area contributed by atoms with Gasteiger partial charge in [-0.2, -0.15) is 0 Å². The number of carbonyl (C=O) groups is 1. The van der Waals surface area contributed by atoms with E-state index in [-0.39, 0.29) is 36.1 Å². The van der Waals surface area contributed by atoms with Crippen LogP contribution in [0.1, 0.15) is 35.8 Å². The summed E-state index contributed by atoms with van der Waals surface area (Å²) in [7, 11) is 0. The fourth-order valence-corrected chi connectivity index (χ4v) is 0.986. The standard InChI is InChI=1S/C7H9FN2O2.C4H8F2/c1-3-12-7(11)6-4-9-10(8)5(6)2;5-3-1-2-4-6/h4H,3H2,1-2H3;1-4H2. The molecule has 0 aliphatic heterocycles. The van der Waals surface area contributed by atoms with Crippen LogP contribution < -0.4 is 0 Å². The van der Waals surface area contributed by atoms with Gasteiger partial charge in [-0.1, -0.05) is 9.39 Å². The van der Waals surface area contributed by atoms with Crippen LogP contribution in [-0.2, 0) is 4.74 Å². The Morgan fingerprint density at radius 3 is 2.28 bits per heavy atom. The van der Waals surface area contributed by atoms with Gasteiger partial charge in [0, 0.05) is 0 Å². The molecule has 4 nitrogen and oxygen atoms in total. The maximum atomic E-state index is 12.5. The Morgan fingerprint density at radius 2 is 1.94 bits per heavy atom. The molecule has 0 bridgehead atoms. The van der Waals surface area contributed by atoms with Gasteiger partial charge < -0.3 is 4.74 Å². The molecule has 18 heavy (non-hydrogen) atoms. The number of nitrogens with zero attached hydrogens (tertiary/aromatic N) is 2. The Hall–Kier alpha value is -1.53. The molecule has 0 aliphatic rings. The molecule has 0 fully saturated rings. The molecule has 7 heteroatoms. The predicted octanol–water partition coefficient (Wildman–Crippen LogP) is 2.81. The Labute approximate surface area is 104 Å². The molecule has 0 unspecified atom stereocenters. The lowest BCUT2D eigenvalue weighted by Crippen LogP contribution is -2.05. The van der Waals surface area contributed by atoms with Gasteiger partial charge in [-0.25, -0.2) is 4.79 Å². The maximum Gasteiger partial charge on any atom is 0.341 e. The van der Waals surface area contributed by atoms with E-state index in [0.717, 1.165) is 6.20 Å². The average molecular weight is 266 g/mol. The highest BCUT2D eigenvalue weighted by molar-refractivity contribution is 5.90. The summed E-state index contributed by atoms with van der Waals surface area (Å²) < 4.78 is 39.2. The number of hydrogen-bond donors (Lipinski definition) is 0. The third kappa shape index (κ3) is 5.70. The third-order valence-corrected chi connectivity index (χ3v) is 1.97. The monoisotopic (exact) mass is 266 g/mol. The van der Waals surface area contributed by atoms with Crippen LogP contribution in [0.25, 0.3) is 0 Å². The van der Waals surface area contributed by atoms with E-state index in [1.54, 1.807) is 6.92 Å². The molecular weight excluding hydrogens is 249 g/mol. The molecule has 0 radical (unpaired) electrons. The second-order valence-corrected chi connectivity index (χ2v) is 3.31. The van der Waals surface area contributed by atoms with Crippen LogP contribution >= 0.6 is 0 Å². The first-order valence-electron chi connectivity index (χ1n) is 5.58. The Bertz CT molecular complexity index is 352. The lowest BCUT2D eigenvalue weighted by molar-refractivity contribution is 0.0524. The minimum atomic E-state index is -0.543. The van der Waals surface area contributed by atoms with Gasteiger partial charge in [0.25, 0.3) is 0 Å². The first-order valence-corrected chi connectivity index (χ1v) is 5.58. The van der Waals surface area contributed by atoms with Crippen molar-refractivity contribution in [3.05, 3.63) is 17.5 Å². The topological polar surface area (TPSA) is 44.1 Å². The van der Waals surface area contributed by atoms with Crippen molar-refractivity contribution in [1.29, 1.82) is 0 Å². The molecule has 1 aromatic heterocycles. The molecule has 1 rings (SSSR count). The number of aromatic nitrogens is 2. The number of rotatable bonds is 5. The molecule has 0 N–H and O–H groups in total. The summed E-state index contributed by atoms with van der Waals surface area (Å²) in [5.74, 6) is -0.543. The summed E-state index contributed by atoms with van der Waals surface area (Å²) in [6.45, 7) is 2.65. The van der Waals surface area contributed by atoms with Crippen molar-refractivity contribution in [2.24, 2.45) is 0 Å². The maximum absolute atomic E-state index is 12.5. The highest BCUT2D eigenvalue weighted by Crippen LogP contribution is 2.08. The van der Waals surface area contributed by atoms with Crippen molar-refractivity contribution in [3.8, 4) is 0 Å². The lowest BCUT2D eigenvalue weighted by Gasteiger charge is -1.98. The third-order valence-electron chi connectivity index (χ3n) is 1.97. The van der Waals surface area contributed by atoms with Crippen molar-refractivity contribution >= 4 is 5.97 Å². The van der Waals surface area contributed by atoms with Gasteiger partial charge in [0.1, 0.15) is 5.56 Å². The summed E-state index contributed by atoms with van der Waals surface area (Å²) in [5, 5.41) is 3.27. The minimum absolute atomic E-state index is 0.145. The summed E-state index contributed by atoms with van der Waals surface area (Å²) in [6, 6.07) is 0. The van der Waals surface area contributed by atoms with Gasteiger partial charge in [-0.3, -0.25) is 8.78 Å². The number of carbonyl (C=O) groups excluding carboxylic acids is 1. The van der Waals surface area contributed by atoms with E-state index >= 15 is 0 Å². The smallest absolute Gasteiger partial charge is 0.341 e. The van der Waals surface area contributed by atoms with Crippen LogP contribution in [0.3, 0.4) is 0 Å². The van der Waals surface area contributed by atoms with Crippen molar-refractivity contribution in [3.63, 3.8) is 0 Å². The number of alkyl halides is 2. The summed E-state index contributed by atoms with van der Waals surface area (Å²) in [5.41, 5.74) is 0.327. The second-order valence-electron chi connectivity index (χ2n) is 3.31. The summed E-state index contributed by atoms with van der Waals surface area (Å²) in [6.07, 6.45) is 1.89. The fourth-order valence-electron chi connectivity index (χ4n) is 0.986. The van der Waals surface area contributed by atoms with Crippen LogP contribution in [0.5, 0.6) is 0 Å². The molecule has 104 valence electrons. The van der Waals surface area contributed by atoms with Crippen molar-refractivity contribution < 1.29 is 22.8 Å². The Balaban J connectivity index is 0.000000411. The van der Waals surface area contributed by atoms with E-state index in [1.165, 1.54) is 6.92 Å². The van der Waals surface area contributed by atoms with Crippen molar-refractivity contribution in [1.82, 2.24) is 10.0 Å². The molecule has 1 heterocycles. The number of unbranched alkanes of at least 4 members (excludes halogenated alkanes) is 1. The van der Waals surface area contributed by atoms with Crippen LogP contribution in [0.15, 0.2) is 6.20 Å². The van der Waals surface area contributed by atoms with E-state index in [0.29, 0.717) is 12.8 Å². The molecule has 1 aromatic rings. The van der Waals surface area contributed by atoms with Gasteiger partial charge in [0.2, 0.25) is 0 Å². The van der Waals surface area contributed by atoms with Gasteiger partial charge >= 0.3 is 5.97 Å². The molecular formula is C11H17F3N2O2. The van der Waals surface area contributed by atoms with E-state index in [2.05, 4.69) is 9.84 Å². The predicted molar refractivity (Wildman–Crippen MR) is 60.6 cm³/mol. The van der Waals surface area contributed by atoms with Gasteiger partial charge in [-0.05, 0) is 26.7 Å². The molecule has 0 atom stereocenters. The largest absolute Gasteiger partial charge is 0.462 e. The summed E-state index contributed by atoms with van der Waals surface area (Å²) in [4.78, 5) is 11.2. The Morgan fingerprint density at radius 1 is 1.39 bits per heavy atom. The number of esters is 1. The normalized spacial score (nSPS) is 9.61. The van der Waals surface area contributed by atoms with Crippen LogP contribution in [0.2, 0.25) is 0 Å². The Kier molecular flexibility index (Phi) is 8.69. The average Bonchev–Trinajstić information content (AvgIpc) is 2.69. The number of hydrogen-bond acceptors (Lipinski definition) is 3. The van der Waals surface area contributed by atoms with Crippen molar-refractivity contribution in [2.45, 2.75) is 26.7 Å². The van der Waals surface area contributed by atoms with Crippen LogP contribution in [0.4, 0.5) is 13.3 Å². The summed E-state index contributed by atoms with van der Waals surface area (Å²) >= 11 is 0. The molecule has 0 aliphatic carbocycles. The number of halogens is 3. The van der Waals surface area contributed by atoms with Gasteiger partial charge in [0.05, 0.1) is 31.8 Å². The van der Waals surface area contributed by atoms with E-state index in [4.69, 9.17) is 0 Å². The zero-order valence-electron chi connectivity index (χ0n) is 10.5. The zero-order chi connectivity index (χ0) is 14.0. The quantitative estimate of drug-likeness (QED) is 0.608. The van der Waals surface area contributed by atoms with Gasteiger partial charge in [0.15, 0.2) is 0 Å². The minimum Gasteiger partial charge on any atom is -0.462 e. The first-order chi connectivity index (χ1) is 8.58. The van der Waals surface area contributed by atoms with E-state index in [9.17, 15) is 18.1 Å². The second kappa shape index (κ2) is 9.49. The zero-order valence-corrected chi connectivity index (χ0v) is 10.5. The van der Waals surface area contributed by atoms with Gasteiger partial charge in [-0.15, -0.1) is 5.10 Å². The molecule has 0 spiro atoms. The SMILES string of the molecule is CCOC(=O)c1cnn(F)c1C.FCCCCF. The van der Waals surface area contributed by atoms with Crippen LogP contribution in [0, 0.1) is 6.92 Å². The highest BCUT2D eigenvalue weighted by atomic mass is 19.2. The van der Waals surface area contributed by atoms with E-state index < -0.39 is 5.97 Å². The number of ether oxygens (including phenoxy) is 1. The fraction of sp³-hybridized carbons (Fsp3) is 0.636. The lowest BCUT2D eigenvalue weighted by atomic mass is 10.3. The molecule has 0 amide bonds. The molecule has 0 aromatic carbocycles.